The van der Waals surface area contributed by atoms with Crippen LogP contribution in [0, 0.1) is 5.92 Å². The molecule has 1 aliphatic rings. The van der Waals surface area contributed by atoms with Gasteiger partial charge in [-0.3, -0.25) is 0 Å². The van der Waals surface area contributed by atoms with E-state index < -0.39 is 6.30 Å². The summed E-state index contributed by atoms with van der Waals surface area (Å²) in [6, 6.07) is 0.339. The first-order chi connectivity index (χ1) is 6.89. The molecule has 0 aromatic rings. The van der Waals surface area contributed by atoms with E-state index in [0.29, 0.717) is 23.9 Å². The van der Waals surface area contributed by atoms with Crippen molar-refractivity contribution in [2.45, 2.75) is 39.0 Å². The Hall–Kier alpha value is -0.290. The van der Waals surface area contributed by atoms with E-state index in [-0.39, 0.29) is 19.0 Å². The molecule has 1 aliphatic heterocycles. The standard InChI is InChI=1S/C10H19F3N2/c1-8(2)14-6-9-4-3-5-15(7-9)10(11,12)13/h8-9,14H,3-7H2,1-2H3/t9-/m0/s1. The third kappa shape index (κ3) is 4.38. The monoisotopic (exact) mass is 224 g/mol. The van der Waals surface area contributed by atoms with Crippen molar-refractivity contribution in [2.75, 3.05) is 19.6 Å². The zero-order valence-electron chi connectivity index (χ0n) is 9.27. The summed E-state index contributed by atoms with van der Waals surface area (Å²) in [5.41, 5.74) is 0. The van der Waals surface area contributed by atoms with Crippen LogP contribution < -0.4 is 5.32 Å². The molecular formula is C10H19F3N2. The van der Waals surface area contributed by atoms with Gasteiger partial charge in [0.05, 0.1) is 0 Å². The number of alkyl halides is 3. The lowest BCUT2D eigenvalue weighted by atomic mass is 9.98. The van der Waals surface area contributed by atoms with Gasteiger partial charge in [-0.15, -0.1) is 0 Å². The van der Waals surface area contributed by atoms with Gasteiger partial charge in [0.2, 0.25) is 0 Å². The Kier molecular flexibility index (Phi) is 4.40. The van der Waals surface area contributed by atoms with Crippen LogP contribution in [0.3, 0.4) is 0 Å². The fraction of sp³-hybridized carbons (Fsp3) is 1.00. The Balaban J connectivity index is 2.36. The summed E-state index contributed by atoms with van der Waals surface area (Å²) in [6.45, 7) is 4.99. The molecule has 0 aromatic carbocycles. The quantitative estimate of drug-likeness (QED) is 0.739. The summed E-state index contributed by atoms with van der Waals surface area (Å²) in [5.74, 6) is 0.128. The molecule has 0 saturated carbocycles. The highest BCUT2D eigenvalue weighted by molar-refractivity contribution is 4.76. The summed E-state index contributed by atoms with van der Waals surface area (Å²) >= 11 is 0. The molecular weight excluding hydrogens is 205 g/mol. The van der Waals surface area contributed by atoms with Crippen LogP contribution in [0.15, 0.2) is 0 Å². The van der Waals surface area contributed by atoms with Gasteiger partial charge < -0.3 is 5.32 Å². The number of nitrogens with one attached hydrogen (secondary N) is 1. The second-order valence-electron chi connectivity index (χ2n) is 4.49. The van der Waals surface area contributed by atoms with Gasteiger partial charge in [0.15, 0.2) is 0 Å². The number of likely N-dealkylation sites (tertiary alicyclic amines) is 1. The normalized spacial score (nSPS) is 24.8. The third-order valence-electron chi connectivity index (χ3n) is 2.69. The first-order valence-corrected chi connectivity index (χ1v) is 5.44. The van der Waals surface area contributed by atoms with E-state index in [4.69, 9.17) is 0 Å². The third-order valence-corrected chi connectivity index (χ3v) is 2.69. The summed E-state index contributed by atoms with van der Waals surface area (Å²) in [5, 5.41) is 3.19. The van der Waals surface area contributed by atoms with Crippen molar-refractivity contribution in [3.05, 3.63) is 0 Å². The molecule has 90 valence electrons. The predicted molar refractivity (Wildman–Crippen MR) is 53.5 cm³/mol. The summed E-state index contributed by atoms with van der Waals surface area (Å²) in [7, 11) is 0. The van der Waals surface area contributed by atoms with Crippen LogP contribution in [0.5, 0.6) is 0 Å². The van der Waals surface area contributed by atoms with Gasteiger partial charge in [0, 0.05) is 19.1 Å². The van der Waals surface area contributed by atoms with Crippen molar-refractivity contribution in [3.8, 4) is 0 Å². The maximum atomic E-state index is 12.4. The topological polar surface area (TPSA) is 15.3 Å². The number of hydrogen-bond acceptors (Lipinski definition) is 2. The predicted octanol–water partition coefficient (Wildman–Crippen LogP) is 2.22. The van der Waals surface area contributed by atoms with Crippen LogP contribution in [-0.2, 0) is 0 Å². The van der Waals surface area contributed by atoms with Gasteiger partial charge in [-0.1, -0.05) is 13.8 Å². The molecule has 0 bridgehead atoms. The molecule has 0 spiro atoms. The smallest absolute Gasteiger partial charge is 0.314 e. The first kappa shape index (κ1) is 12.8. The largest absolute Gasteiger partial charge is 0.459 e. The molecule has 0 aromatic heterocycles. The van der Waals surface area contributed by atoms with Crippen molar-refractivity contribution in [3.63, 3.8) is 0 Å². The summed E-state index contributed by atoms with van der Waals surface area (Å²) in [4.78, 5) is 0.628. The molecule has 15 heavy (non-hydrogen) atoms. The average molecular weight is 224 g/mol. The number of rotatable bonds is 3. The molecule has 1 atom stereocenters. The molecule has 0 unspecified atom stereocenters. The van der Waals surface area contributed by atoms with Crippen molar-refractivity contribution in [2.24, 2.45) is 5.92 Å². The minimum atomic E-state index is -4.16. The molecule has 0 radical (unpaired) electrons. The zero-order chi connectivity index (χ0) is 11.5. The molecule has 1 fully saturated rings. The van der Waals surface area contributed by atoms with Crippen molar-refractivity contribution in [1.29, 1.82) is 0 Å². The molecule has 1 saturated heterocycles. The molecule has 1 heterocycles. The Morgan fingerprint density at radius 1 is 1.40 bits per heavy atom. The minimum Gasteiger partial charge on any atom is -0.314 e. The highest BCUT2D eigenvalue weighted by Gasteiger charge is 2.39. The average Bonchev–Trinajstić information content (AvgIpc) is 2.14. The van der Waals surface area contributed by atoms with Crippen LogP contribution in [0.4, 0.5) is 13.2 Å². The number of piperidine rings is 1. The van der Waals surface area contributed by atoms with E-state index in [2.05, 4.69) is 5.32 Å². The highest BCUT2D eigenvalue weighted by Crippen LogP contribution is 2.27. The van der Waals surface area contributed by atoms with Crippen molar-refractivity contribution < 1.29 is 13.2 Å². The van der Waals surface area contributed by atoms with Crippen LogP contribution in [-0.4, -0.2) is 36.9 Å². The van der Waals surface area contributed by atoms with Gasteiger partial charge >= 0.3 is 6.30 Å². The van der Waals surface area contributed by atoms with E-state index in [9.17, 15) is 13.2 Å². The second-order valence-corrected chi connectivity index (χ2v) is 4.49. The van der Waals surface area contributed by atoms with Crippen LogP contribution >= 0.6 is 0 Å². The van der Waals surface area contributed by atoms with Crippen LogP contribution in [0.1, 0.15) is 26.7 Å². The van der Waals surface area contributed by atoms with E-state index in [1.54, 1.807) is 0 Å². The second kappa shape index (κ2) is 5.16. The fourth-order valence-electron chi connectivity index (χ4n) is 1.86. The molecule has 0 amide bonds. The summed E-state index contributed by atoms with van der Waals surface area (Å²) in [6.07, 6.45) is -2.62. The zero-order valence-corrected chi connectivity index (χ0v) is 9.27. The van der Waals surface area contributed by atoms with Gasteiger partial charge in [0.25, 0.3) is 0 Å². The molecule has 1 N–H and O–H groups in total. The Bertz CT molecular complexity index is 192. The molecule has 0 aliphatic carbocycles. The maximum absolute atomic E-state index is 12.4. The van der Waals surface area contributed by atoms with Crippen molar-refractivity contribution >= 4 is 0 Å². The fourth-order valence-corrected chi connectivity index (χ4v) is 1.86. The lowest BCUT2D eigenvalue weighted by Crippen LogP contribution is -2.47. The Labute approximate surface area is 88.8 Å². The Morgan fingerprint density at radius 3 is 2.60 bits per heavy atom. The van der Waals surface area contributed by atoms with Gasteiger partial charge in [0.1, 0.15) is 0 Å². The first-order valence-electron chi connectivity index (χ1n) is 5.44. The highest BCUT2D eigenvalue weighted by atomic mass is 19.4. The van der Waals surface area contributed by atoms with Crippen LogP contribution in [0.25, 0.3) is 0 Å². The number of hydrogen-bond donors (Lipinski definition) is 1. The van der Waals surface area contributed by atoms with Gasteiger partial charge in [-0.2, -0.15) is 13.2 Å². The lowest BCUT2D eigenvalue weighted by molar-refractivity contribution is -0.253. The molecule has 1 rings (SSSR count). The Morgan fingerprint density at radius 2 is 2.07 bits per heavy atom. The van der Waals surface area contributed by atoms with Crippen LogP contribution in [0.2, 0.25) is 0 Å². The van der Waals surface area contributed by atoms with Crippen molar-refractivity contribution in [1.82, 2.24) is 10.2 Å². The van der Waals surface area contributed by atoms with E-state index in [1.807, 2.05) is 13.8 Å². The van der Waals surface area contributed by atoms with Gasteiger partial charge in [-0.05, 0) is 25.3 Å². The van der Waals surface area contributed by atoms with Gasteiger partial charge in [-0.25, -0.2) is 4.90 Å². The number of nitrogens with zero attached hydrogens (tertiary/aromatic N) is 1. The lowest BCUT2D eigenvalue weighted by Gasteiger charge is -2.34. The number of halogens is 3. The molecule has 2 nitrogen and oxygen atoms in total. The maximum Gasteiger partial charge on any atom is 0.459 e. The van der Waals surface area contributed by atoms with E-state index in [0.717, 1.165) is 6.42 Å². The molecule has 5 heteroatoms. The minimum absolute atomic E-state index is 0.128. The SMILES string of the molecule is CC(C)NC[C@@H]1CCCN(C(F)(F)F)C1. The summed E-state index contributed by atoms with van der Waals surface area (Å²) < 4.78 is 37.3. The van der Waals surface area contributed by atoms with E-state index in [1.165, 1.54) is 0 Å². The van der Waals surface area contributed by atoms with E-state index >= 15 is 0 Å².